The number of benzene rings is 1. The highest BCUT2D eigenvalue weighted by molar-refractivity contribution is 5.27. The Kier molecular flexibility index (Phi) is 6.41. The lowest BCUT2D eigenvalue weighted by Gasteiger charge is -2.13. The summed E-state index contributed by atoms with van der Waals surface area (Å²) in [4.78, 5) is 0. The Labute approximate surface area is 139 Å². The van der Waals surface area contributed by atoms with Crippen molar-refractivity contribution in [2.45, 2.75) is 45.8 Å². The first-order valence-corrected chi connectivity index (χ1v) is 8.12. The van der Waals surface area contributed by atoms with Crippen LogP contribution >= 0.6 is 0 Å². The van der Waals surface area contributed by atoms with Crippen molar-refractivity contribution in [2.75, 3.05) is 7.11 Å². The number of hydrogen-bond donors (Lipinski definition) is 1. The second kappa shape index (κ2) is 8.53. The van der Waals surface area contributed by atoms with Crippen molar-refractivity contribution in [3.8, 4) is 5.75 Å². The second-order valence-electron chi connectivity index (χ2n) is 5.92. The molecule has 2 aromatic rings. The molecule has 1 heterocycles. The molecule has 124 valence electrons. The Morgan fingerprint density at radius 2 is 2.09 bits per heavy atom. The molecular formula is C19H27N3O. The fourth-order valence-electron chi connectivity index (χ4n) is 2.52. The van der Waals surface area contributed by atoms with Crippen LogP contribution in [0.3, 0.4) is 0 Å². The average molecular weight is 313 g/mol. The average Bonchev–Trinajstić information content (AvgIpc) is 2.91. The molecule has 0 unspecified atom stereocenters. The molecule has 0 radical (unpaired) electrons. The summed E-state index contributed by atoms with van der Waals surface area (Å²) in [7, 11) is 1.69. The van der Waals surface area contributed by atoms with Crippen molar-refractivity contribution in [3.63, 3.8) is 0 Å². The van der Waals surface area contributed by atoms with Gasteiger partial charge in [0.2, 0.25) is 0 Å². The van der Waals surface area contributed by atoms with Crippen LogP contribution < -0.4 is 10.1 Å². The first-order valence-electron chi connectivity index (χ1n) is 8.12. The fraction of sp³-hybridized carbons (Fsp3) is 0.421. The zero-order valence-corrected chi connectivity index (χ0v) is 14.4. The third-order valence-corrected chi connectivity index (χ3v) is 4.03. The SMILES string of the molecule is C=CCn1cc(CN[C@@H](C)CCc2ccc(OC)cc2)c(C)n1. The summed E-state index contributed by atoms with van der Waals surface area (Å²) in [5, 5.41) is 8.07. The van der Waals surface area contributed by atoms with E-state index in [1.54, 1.807) is 7.11 Å². The van der Waals surface area contributed by atoms with E-state index < -0.39 is 0 Å². The molecule has 0 spiro atoms. The van der Waals surface area contributed by atoms with Gasteiger partial charge in [0, 0.05) is 24.3 Å². The number of hydrogen-bond acceptors (Lipinski definition) is 3. The minimum Gasteiger partial charge on any atom is -0.497 e. The zero-order valence-electron chi connectivity index (χ0n) is 14.4. The van der Waals surface area contributed by atoms with Crippen molar-refractivity contribution in [3.05, 3.63) is 59.9 Å². The second-order valence-corrected chi connectivity index (χ2v) is 5.92. The van der Waals surface area contributed by atoms with Crippen molar-refractivity contribution >= 4 is 0 Å². The van der Waals surface area contributed by atoms with Crippen LogP contribution in [0.2, 0.25) is 0 Å². The van der Waals surface area contributed by atoms with Crippen molar-refractivity contribution in [1.82, 2.24) is 15.1 Å². The molecule has 1 N–H and O–H groups in total. The molecule has 0 aliphatic rings. The van der Waals surface area contributed by atoms with E-state index in [4.69, 9.17) is 4.74 Å². The predicted octanol–water partition coefficient (Wildman–Crippen LogP) is 3.50. The Bertz CT molecular complexity index is 616. The van der Waals surface area contributed by atoms with Crippen LogP contribution in [0.5, 0.6) is 5.75 Å². The minimum absolute atomic E-state index is 0.458. The summed E-state index contributed by atoms with van der Waals surface area (Å²) < 4.78 is 7.12. The van der Waals surface area contributed by atoms with Gasteiger partial charge in [0.15, 0.2) is 0 Å². The summed E-state index contributed by atoms with van der Waals surface area (Å²) in [6, 6.07) is 8.76. The first-order chi connectivity index (χ1) is 11.1. The molecule has 1 aromatic heterocycles. The number of rotatable bonds is 9. The molecule has 0 amide bonds. The molecule has 4 nitrogen and oxygen atoms in total. The predicted molar refractivity (Wildman–Crippen MR) is 94.8 cm³/mol. The van der Waals surface area contributed by atoms with Gasteiger partial charge in [0.05, 0.1) is 19.3 Å². The number of nitrogens with one attached hydrogen (secondary N) is 1. The summed E-state index contributed by atoms with van der Waals surface area (Å²) in [5.74, 6) is 0.909. The lowest BCUT2D eigenvalue weighted by molar-refractivity contribution is 0.414. The molecule has 0 aliphatic carbocycles. The molecule has 4 heteroatoms. The van der Waals surface area contributed by atoms with Gasteiger partial charge in [-0.15, -0.1) is 6.58 Å². The molecule has 23 heavy (non-hydrogen) atoms. The lowest BCUT2D eigenvalue weighted by Crippen LogP contribution is -2.26. The quantitative estimate of drug-likeness (QED) is 0.720. The van der Waals surface area contributed by atoms with Gasteiger partial charge in [0.1, 0.15) is 5.75 Å². The fourth-order valence-corrected chi connectivity index (χ4v) is 2.52. The Hall–Kier alpha value is -2.07. The van der Waals surface area contributed by atoms with Gasteiger partial charge in [-0.25, -0.2) is 0 Å². The molecule has 0 saturated heterocycles. The molecule has 0 bridgehead atoms. The largest absolute Gasteiger partial charge is 0.497 e. The van der Waals surface area contributed by atoms with Crippen molar-refractivity contribution in [1.29, 1.82) is 0 Å². The van der Waals surface area contributed by atoms with Crippen LogP contribution in [0.15, 0.2) is 43.1 Å². The molecule has 0 saturated carbocycles. The summed E-state index contributed by atoms with van der Waals surface area (Å²) >= 11 is 0. The van der Waals surface area contributed by atoms with Crippen LogP contribution in [0.4, 0.5) is 0 Å². The number of ether oxygens (including phenoxy) is 1. The van der Waals surface area contributed by atoms with Gasteiger partial charge < -0.3 is 10.1 Å². The van der Waals surface area contributed by atoms with E-state index in [1.807, 2.05) is 22.9 Å². The van der Waals surface area contributed by atoms with Gasteiger partial charge in [-0.1, -0.05) is 18.2 Å². The molecule has 2 rings (SSSR count). The van der Waals surface area contributed by atoms with E-state index in [0.29, 0.717) is 6.04 Å². The number of methoxy groups -OCH3 is 1. The monoisotopic (exact) mass is 313 g/mol. The maximum atomic E-state index is 5.19. The van der Waals surface area contributed by atoms with Crippen molar-refractivity contribution in [2.24, 2.45) is 0 Å². The summed E-state index contributed by atoms with van der Waals surface area (Å²) in [5.41, 5.74) is 3.68. The van der Waals surface area contributed by atoms with Gasteiger partial charge in [0.25, 0.3) is 0 Å². The third-order valence-electron chi connectivity index (χ3n) is 4.03. The van der Waals surface area contributed by atoms with Crippen LogP contribution in [0, 0.1) is 6.92 Å². The van der Waals surface area contributed by atoms with E-state index in [1.165, 1.54) is 11.1 Å². The molecule has 0 fully saturated rings. The number of nitrogens with zero attached hydrogens (tertiary/aromatic N) is 2. The Morgan fingerprint density at radius 3 is 2.74 bits per heavy atom. The maximum Gasteiger partial charge on any atom is 0.118 e. The first kappa shape index (κ1) is 17.3. The van der Waals surface area contributed by atoms with Crippen LogP contribution in [0.1, 0.15) is 30.2 Å². The smallest absolute Gasteiger partial charge is 0.118 e. The maximum absolute atomic E-state index is 5.19. The van der Waals surface area contributed by atoms with Crippen LogP contribution in [-0.2, 0) is 19.5 Å². The van der Waals surface area contributed by atoms with Crippen LogP contribution in [-0.4, -0.2) is 22.9 Å². The highest BCUT2D eigenvalue weighted by atomic mass is 16.5. The van der Waals surface area contributed by atoms with E-state index in [-0.39, 0.29) is 0 Å². The Balaban J connectivity index is 1.78. The number of aromatic nitrogens is 2. The highest BCUT2D eigenvalue weighted by Gasteiger charge is 2.07. The van der Waals surface area contributed by atoms with E-state index >= 15 is 0 Å². The van der Waals surface area contributed by atoms with E-state index in [0.717, 1.165) is 37.4 Å². The zero-order chi connectivity index (χ0) is 16.7. The summed E-state index contributed by atoms with van der Waals surface area (Å²) in [6.07, 6.45) is 6.13. The lowest BCUT2D eigenvalue weighted by atomic mass is 10.1. The van der Waals surface area contributed by atoms with E-state index in [9.17, 15) is 0 Å². The third kappa shape index (κ3) is 5.25. The Morgan fingerprint density at radius 1 is 1.35 bits per heavy atom. The standard InChI is InChI=1S/C19H27N3O/c1-5-12-22-14-18(16(3)21-22)13-20-15(2)6-7-17-8-10-19(23-4)11-9-17/h5,8-11,14-15,20H,1,6-7,12-13H2,2-4H3/t15-/m0/s1. The molecule has 0 aliphatic heterocycles. The molecule has 1 atom stereocenters. The summed E-state index contributed by atoms with van der Waals surface area (Å²) in [6.45, 7) is 9.64. The molecular weight excluding hydrogens is 286 g/mol. The van der Waals surface area contributed by atoms with Gasteiger partial charge in [-0.05, 0) is 44.4 Å². The minimum atomic E-state index is 0.458. The van der Waals surface area contributed by atoms with Crippen LogP contribution in [0.25, 0.3) is 0 Å². The van der Waals surface area contributed by atoms with Gasteiger partial charge in [-0.3, -0.25) is 4.68 Å². The van der Waals surface area contributed by atoms with Gasteiger partial charge in [-0.2, -0.15) is 5.10 Å². The molecule has 1 aromatic carbocycles. The topological polar surface area (TPSA) is 39.1 Å². The normalized spacial score (nSPS) is 12.1. The number of aryl methyl sites for hydroxylation is 2. The van der Waals surface area contributed by atoms with Crippen molar-refractivity contribution < 1.29 is 4.74 Å². The van der Waals surface area contributed by atoms with E-state index in [2.05, 4.69) is 49.2 Å². The number of allylic oxidation sites excluding steroid dienone is 1. The van der Waals surface area contributed by atoms with Gasteiger partial charge >= 0.3 is 0 Å². The highest BCUT2D eigenvalue weighted by Crippen LogP contribution is 2.13.